The molecule has 0 aliphatic rings. The molecule has 3 aromatic heterocycles. The third-order valence-electron chi connectivity index (χ3n) is 2.24. The van der Waals surface area contributed by atoms with Gasteiger partial charge in [-0.3, -0.25) is 0 Å². The lowest BCUT2D eigenvalue weighted by Crippen LogP contribution is -1.88. The molecule has 90 valence electrons. The average Bonchev–Trinajstić information content (AvgIpc) is 2.98. The van der Waals surface area contributed by atoms with Gasteiger partial charge in [-0.15, -0.1) is 20.4 Å². The number of rotatable bonds is 2. The van der Waals surface area contributed by atoms with Crippen molar-refractivity contribution in [2.45, 2.75) is 13.8 Å². The second-order valence-electron chi connectivity index (χ2n) is 3.66. The van der Waals surface area contributed by atoms with Gasteiger partial charge in [-0.25, -0.2) is 4.98 Å². The maximum absolute atomic E-state index is 5.31. The maximum Gasteiger partial charge on any atom is 0.266 e. The minimum atomic E-state index is 0.366. The highest BCUT2D eigenvalue weighted by molar-refractivity contribution is 5.54. The van der Waals surface area contributed by atoms with Crippen LogP contribution in [0.25, 0.3) is 23.2 Å². The molecule has 3 heterocycles. The molecule has 0 radical (unpaired) electrons. The molecule has 0 aromatic carbocycles. The lowest BCUT2D eigenvalue weighted by atomic mass is 10.3. The predicted octanol–water partition coefficient (Wildman–Crippen LogP) is 1.80. The minimum absolute atomic E-state index is 0.366. The van der Waals surface area contributed by atoms with E-state index >= 15 is 0 Å². The van der Waals surface area contributed by atoms with Crippen molar-refractivity contribution in [1.82, 2.24) is 25.4 Å². The first-order valence-corrected chi connectivity index (χ1v) is 5.30. The van der Waals surface area contributed by atoms with Gasteiger partial charge >= 0.3 is 0 Å². The lowest BCUT2D eigenvalue weighted by molar-refractivity contribution is 0.527. The van der Waals surface area contributed by atoms with Crippen LogP contribution in [-0.2, 0) is 0 Å². The van der Waals surface area contributed by atoms with Crippen molar-refractivity contribution in [3.05, 3.63) is 30.0 Å². The SMILES string of the molecule is Cc1nnc(-c2cccc(-c3nnc(C)o3)n2)o1. The zero-order chi connectivity index (χ0) is 12.5. The van der Waals surface area contributed by atoms with E-state index in [1.807, 2.05) is 6.07 Å². The van der Waals surface area contributed by atoms with E-state index in [0.717, 1.165) is 0 Å². The highest BCUT2D eigenvalue weighted by atomic mass is 16.4. The van der Waals surface area contributed by atoms with E-state index in [-0.39, 0.29) is 0 Å². The Morgan fingerprint density at radius 2 is 1.28 bits per heavy atom. The Labute approximate surface area is 102 Å². The zero-order valence-electron chi connectivity index (χ0n) is 9.78. The zero-order valence-corrected chi connectivity index (χ0v) is 9.78. The van der Waals surface area contributed by atoms with Gasteiger partial charge in [0.2, 0.25) is 11.8 Å². The van der Waals surface area contributed by atoms with Crippen molar-refractivity contribution in [2.75, 3.05) is 0 Å². The summed E-state index contributed by atoms with van der Waals surface area (Å²) in [4.78, 5) is 4.35. The number of pyridine rings is 1. The average molecular weight is 243 g/mol. The fraction of sp³-hybridized carbons (Fsp3) is 0.182. The van der Waals surface area contributed by atoms with E-state index in [4.69, 9.17) is 8.83 Å². The number of hydrogen-bond donors (Lipinski definition) is 0. The standard InChI is InChI=1S/C11H9N5O2/c1-6-13-15-10(17-6)8-4-3-5-9(12-8)11-16-14-7(2)18-11/h3-5H,1-2H3. The molecule has 0 aliphatic carbocycles. The largest absolute Gasteiger partial charge is 0.420 e. The summed E-state index contributed by atoms with van der Waals surface area (Å²) in [5.74, 6) is 1.72. The van der Waals surface area contributed by atoms with Crippen LogP contribution in [0, 0.1) is 13.8 Å². The second-order valence-corrected chi connectivity index (χ2v) is 3.66. The van der Waals surface area contributed by atoms with E-state index in [9.17, 15) is 0 Å². The second kappa shape index (κ2) is 4.02. The van der Waals surface area contributed by atoms with Gasteiger partial charge in [0.15, 0.2) is 0 Å². The van der Waals surface area contributed by atoms with Gasteiger partial charge in [-0.05, 0) is 12.1 Å². The van der Waals surface area contributed by atoms with Crippen LogP contribution in [0.15, 0.2) is 27.0 Å². The van der Waals surface area contributed by atoms with Crippen molar-refractivity contribution in [1.29, 1.82) is 0 Å². The monoisotopic (exact) mass is 243 g/mol. The number of aromatic nitrogens is 5. The van der Waals surface area contributed by atoms with Crippen molar-refractivity contribution < 1.29 is 8.83 Å². The van der Waals surface area contributed by atoms with E-state index in [1.54, 1.807) is 26.0 Å². The first kappa shape index (κ1) is 10.6. The van der Waals surface area contributed by atoms with Crippen LogP contribution >= 0.6 is 0 Å². The van der Waals surface area contributed by atoms with Crippen LogP contribution in [0.3, 0.4) is 0 Å². The summed E-state index contributed by atoms with van der Waals surface area (Å²) in [5, 5.41) is 15.3. The van der Waals surface area contributed by atoms with Gasteiger partial charge in [0.1, 0.15) is 11.4 Å². The quantitative estimate of drug-likeness (QED) is 0.677. The van der Waals surface area contributed by atoms with Crippen molar-refractivity contribution in [3.8, 4) is 23.2 Å². The molecule has 0 atom stereocenters. The lowest BCUT2D eigenvalue weighted by Gasteiger charge is -1.96. The number of nitrogens with zero attached hydrogens (tertiary/aromatic N) is 5. The molecule has 0 saturated carbocycles. The molecule has 0 N–H and O–H groups in total. The molecular formula is C11H9N5O2. The summed E-state index contributed by atoms with van der Waals surface area (Å²) >= 11 is 0. The van der Waals surface area contributed by atoms with E-state index in [0.29, 0.717) is 35.0 Å². The Bertz CT molecular complexity index is 633. The number of hydrogen-bond acceptors (Lipinski definition) is 7. The highest BCUT2D eigenvalue weighted by Crippen LogP contribution is 2.20. The highest BCUT2D eigenvalue weighted by Gasteiger charge is 2.12. The molecule has 3 rings (SSSR count). The van der Waals surface area contributed by atoms with Crippen molar-refractivity contribution in [3.63, 3.8) is 0 Å². The van der Waals surface area contributed by atoms with E-state index in [2.05, 4.69) is 25.4 Å². The van der Waals surface area contributed by atoms with Gasteiger partial charge in [0, 0.05) is 13.8 Å². The Kier molecular flexibility index (Phi) is 2.36. The molecule has 18 heavy (non-hydrogen) atoms. The minimum Gasteiger partial charge on any atom is -0.420 e. The van der Waals surface area contributed by atoms with Crippen LogP contribution in [0.4, 0.5) is 0 Å². The van der Waals surface area contributed by atoms with E-state index < -0.39 is 0 Å². The first-order chi connectivity index (χ1) is 8.72. The summed E-state index contributed by atoms with van der Waals surface area (Å²) in [7, 11) is 0. The molecule has 0 spiro atoms. The smallest absolute Gasteiger partial charge is 0.266 e. The van der Waals surface area contributed by atoms with Crippen LogP contribution in [0.5, 0.6) is 0 Å². The summed E-state index contributed by atoms with van der Waals surface area (Å²) in [5.41, 5.74) is 1.15. The molecule has 3 aromatic rings. The molecule has 7 nitrogen and oxygen atoms in total. The number of aryl methyl sites for hydroxylation is 2. The Balaban J connectivity index is 2.04. The third kappa shape index (κ3) is 1.86. The summed E-state index contributed by atoms with van der Waals surface area (Å²) in [6.07, 6.45) is 0. The van der Waals surface area contributed by atoms with Gasteiger partial charge in [-0.2, -0.15) is 0 Å². The fourth-order valence-electron chi connectivity index (χ4n) is 1.47. The van der Waals surface area contributed by atoms with Crippen molar-refractivity contribution in [2.24, 2.45) is 0 Å². The Hall–Kier alpha value is -2.57. The predicted molar refractivity (Wildman–Crippen MR) is 60.3 cm³/mol. The molecule has 0 bridgehead atoms. The maximum atomic E-state index is 5.31. The summed E-state index contributed by atoms with van der Waals surface area (Å²) in [6.45, 7) is 3.45. The van der Waals surface area contributed by atoms with Crippen LogP contribution in [0.1, 0.15) is 11.8 Å². The Morgan fingerprint density at radius 3 is 1.67 bits per heavy atom. The normalized spacial score (nSPS) is 10.8. The van der Waals surface area contributed by atoms with Gasteiger partial charge in [0.05, 0.1) is 0 Å². The molecular weight excluding hydrogens is 234 g/mol. The van der Waals surface area contributed by atoms with Crippen LogP contribution < -0.4 is 0 Å². The molecule has 0 aliphatic heterocycles. The molecule has 0 amide bonds. The van der Waals surface area contributed by atoms with Crippen molar-refractivity contribution >= 4 is 0 Å². The summed E-state index contributed by atoms with van der Waals surface area (Å²) < 4.78 is 10.6. The molecule has 7 heteroatoms. The molecule has 0 fully saturated rings. The molecule has 0 unspecified atom stereocenters. The van der Waals surface area contributed by atoms with Gasteiger partial charge in [0.25, 0.3) is 11.8 Å². The topological polar surface area (TPSA) is 90.7 Å². The first-order valence-electron chi connectivity index (χ1n) is 5.30. The third-order valence-corrected chi connectivity index (χ3v) is 2.24. The summed E-state index contributed by atoms with van der Waals surface area (Å²) in [6, 6.07) is 5.37. The fourth-order valence-corrected chi connectivity index (χ4v) is 1.47. The van der Waals surface area contributed by atoms with Gasteiger partial charge < -0.3 is 8.83 Å². The van der Waals surface area contributed by atoms with Gasteiger partial charge in [-0.1, -0.05) is 6.07 Å². The molecule has 0 saturated heterocycles. The van der Waals surface area contributed by atoms with Crippen LogP contribution in [-0.4, -0.2) is 25.4 Å². The van der Waals surface area contributed by atoms with E-state index in [1.165, 1.54) is 0 Å². The van der Waals surface area contributed by atoms with Crippen LogP contribution in [0.2, 0.25) is 0 Å². The Morgan fingerprint density at radius 1 is 0.778 bits per heavy atom.